The lowest BCUT2D eigenvalue weighted by molar-refractivity contribution is -0.145. The van der Waals surface area contributed by atoms with Gasteiger partial charge in [-0.1, -0.05) is 51.1 Å². The molecule has 0 aliphatic carbocycles. The lowest BCUT2D eigenvalue weighted by atomic mass is 9.81. The smallest absolute Gasteiger partial charge is 0.407 e. The molecule has 1 aliphatic heterocycles. The Morgan fingerprint density at radius 1 is 1.15 bits per heavy atom. The predicted molar refractivity (Wildman–Crippen MR) is 150 cm³/mol. The Kier molecular flexibility index (Phi) is 9.08. The number of hydrogen-bond donors (Lipinski definition) is 2. The Labute approximate surface area is 241 Å². The molecule has 1 aromatic heterocycles. The van der Waals surface area contributed by atoms with Crippen LogP contribution in [0.5, 0.6) is 0 Å². The number of rotatable bonds is 8. The van der Waals surface area contributed by atoms with E-state index in [1.54, 1.807) is 0 Å². The fourth-order valence-corrected chi connectivity index (χ4v) is 6.41. The van der Waals surface area contributed by atoms with Crippen molar-refractivity contribution >= 4 is 23.3 Å². The molecule has 41 heavy (non-hydrogen) atoms. The Hall–Kier alpha value is -3.44. The fraction of sp³-hybridized carbons (Fsp3) is 0.433. The van der Waals surface area contributed by atoms with Gasteiger partial charge in [-0.2, -0.15) is 0 Å². The van der Waals surface area contributed by atoms with E-state index < -0.39 is 53.3 Å². The molecule has 2 heterocycles. The van der Waals surface area contributed by atoms with Crippen LogP contribution in [-0.4, -0.2) is 68.9 Å². The van der Waals surface area contributed by atoms with Crippen LogP contribution in [0.15, 0.2) is 48.5 Å². The molecule has 11 heteroatoms. The molecule has 1 saturated heterocycles. The molecule has 0 radical (unpaired) electrons. The normalized spacial score (nSPS) is 18.8. The van der Waals surface area contributed by atoms with Crippen LogP contribution < -0.4 is 0 Å². The summed E-state index contributed by atoms with van der Waals surface area (Å²) >= 11 is 1.18. The van der Waals surface area contributed by atoms with Crippen LogP contribution in [0.4, 0.5) is 18.0 Å². The third kappa shape index (κ3) is 6.90. The lowest BCUT2D eigenvalue weighted by Crippen LogP contribution is -2.48. The van der Waals surface area contributed by atoms with Gasteiger partial charge in [-0.3, -0.25) is 4.79 Å². The lowest BCUT2D eigenvalue weighted by Gasteiger charge is -2.41. The van der Waals surface area contributed by atoms with E-state index in [2.05, 4.69) is 0 Å². The summed E-state index contributed by atoms with van der Waals surface area (Å²) in [5, 5.41) is 20.0. The molecular weight excluding hydrogens is 555 g/mol. The van der Waals surface area contributed by atoms with Crippen molar-refractivity contribution in [1.29, 1.82) is 0 Å². The summed E-state index contributed by atoms with van der Waals surface area (Å²) in [6.07, 6.45) is -3.79. The summed E-state index contributed by atoms with van der Waals surface area (Å²) in [6.45, 7) is 6.36. The van der Waals surface area contributed by atoms with Crippen molar-refractivity contribution in [2.75, 3.05) is 19.6 Å². The maximum Gasteiger partial charge on any atom is 0.407 e. The molecule has 2 aromatic carbocycles. The Morgan fingerprint density at radius 2 is 1.83 bits per heavy atom. The zero-order chi connectivity index (χ0) is 30.1. The van der Waals surface area contributed by atoms with Crippen LogP contribution in [0.1, 0.15) is 49.9 Å². The number of benzene rings is 2. The summed E-state index contributed by atoms with van der Waals surface area (Å²) in [6, 6.07) is 11.8. The van der Waals surface area contributed by atoms with E-state index in [0.717, 1.165) is 28.7 Å². The van der Waals surface area contributed by atoms with Crippen LogP contribution in [0.25, 0.3) is 10.6 Å². The van der Waals surface area contributed by atoms with Crippen LogP contribution >= 0.6 is 11.3 Å². The first kappa shape index (κ1) is 30.5. The molecule has 1 aliphatic rings. The number of likely N-dealkylation sites (tertiary alicyclic amines) is 1. The first-order valence-corrected chi connectivity index (χ1v) is 14.2. The summed E-state index contributed by atoms with van der Waals surface area (Å²) in [7, 11) is 0. The highest BCUT2D eigenvalue weighted by Crippen LogP contribution is 2.44. The number of alkyl halides is 1. The Balaban J connectivity index is 1.86. The molecule has 7 nitrogen and oxygen atoms in total. The largest absolute Gasteiger partial charge is 0.465 e. The van der Waals surface area contributed by atoms with Gasteiger partial charge < -0.3 is 20.0 Å². The van der Waals surface area contributed by atoms with Gasteiger partial charge in [0.15, 0.2) is 0 Å². The number of aliphatic hydroxyl groups is 1. The second-order valence-electron chi connectivity index (χ2n) is 11.5. The topological polar surface area (TPSA) is 94.0 Å². The van der Waals surface area contributed by atoms with E-state index in [1.807, 2.05) is 51.1 Å². The fourth-order valence-electron chi connectivity index (χ4n) is 5.26. The van der Waals surface area contributed by atoms with Crippen molar-refractivity contribution in [1.82, 2.24) is 14.8 Å². The molecular formula is C30H34F3N3O4S. The second kappa shape index (κ2) is 12.2. The van der Waals surface area contributed by atoms with Gasteiger partial charge in [0.25, 0.3) is 5.91 Å². The third-order valence-electron chi connectivity index (χ3n) is 7.19. The van der Waals surface area contributed by atoms with Gasteiger partial charge in [-0.15, -0.1) is 11.3 Å². The minimum Gasteiger partial charge on any atom is -0.465 e. The number of carbonyl (C=O) groups is 2. The number of thiazole rings is 1. The zero-order valence-electron chi connectivity index (χ0n) is 23.4. The first-order chi connectivity index (χ1) is 19.3. The van der Waals surface area contributed by atoms with Gasteiger partial charge in [-0.05, 0) is 36.1 Å². The standard InChI is InChI=1S/C30H34F3N3O4S/c1-17(37)28(38)36(15-19-14-35(29(39)40)16-23(19)33)26(30(2,3)4)25-24(12-18-8-6-5-7-9-18)41-27(34-25)21-13-20(31)10-11-22(21)32/h5-11,13,17,19,23,26,37H,12,14-16H2,1-4H3,(H,39,40)/t17-,19?,23?,26-/m0/s1. The van der Waals surface area contributed by atoms with Crippen LogP contribution in [0, 0.1) is 23.0 Å². The van der Waals surface area contributed by atoms with Gasteiger partial charge in [0.1, 0.15) is 28.9 Å². The molecule has 1 fully saturated rings. The van der Waals surface area contributed by atoms with Crippen molar-refractivity contribution in [3.8, 4) is 10.6 Å². The highest BCUT2D eigenvalue weighted by atomic mass is 32.1. The van der Waals surface area contributed by atoms with Crippen molar-refractivity contribution in [3.63, 3.8) is 0 Å². The number of hydrogen-bond acceptors (Lipinski definition) is 5. The predicted octanol–water partition coefficient (Wildman–Crippen LogP) is 5.92. The summed E-state index contributed by atoms with van der Waals surface area (Å²) < 4.78 is 44.1. The average Bonchev–Trinajstić information content (AvgIpc) is 3.47. The number of carboxylic acid groups (broad SMARTS) is 1. The maximum atomic E-state index is 15.1. The first-order valence-electron chi connectivity index (χ1n) is 13.4. The van der Waals surface area contributed by atoms with Crippen LogP contribution in [-0.2, 0) is 11.2 Å². The van der Waals surface area contributed by atoms with Crippen molar-refractivity contribution in [3.05, 3.63) is 76.3 Å². The summed E-state index contributed by atoms with van der Waals surface area (Å²) in [5.41, 5.74) is 0.635. The summed E-state index contributed by atoms with van der Waals surface area (Å²) in [5.74, 6) is -2.76. The maximum absolute atomic E-state index is 15.1. The SMILES string of the molecule is C[C@H](O)C(=O)N(CC1CN(C(=O)O)CC1F)[C@@H](c1nc(-c2cc(F)ccc2F)sc1Cc1ccccc1)C(C)(C)C. The van der Waals surface area contributed by atoms with Gasteiger partial charge >= 0.3 is 6.09 Å². The van der Waals surface area contributed by atoms with Gasteiger partial charge in [0, 0.05) is 35.9 Å². The van der Waals surface area contributed by atoms with E-state index in [0.29, 0.717) is 17.0 Å². The van der Waals surface area contributed by atoms with Crippen LogP contribution in [0.2, 0.25) is 0 Å². The molecule has 4 atom stereocenters. The highest BCUT2D eigenvalue weighted by Gasteiger charge is 2.44. The van der Waals surface area contributed by atoms with Gasteiger partial charge in [-0.25, -0.2) is 22.9 Å². The highest BCUT2D eigenvalue weighted by molar-refractivity contribution is 7.15. The number of nitrogens with zero attached hydrogens (tertiary/aromatic N) is 3. The van der Waals surface area contributed by atoms with Crippen molar-refractivity contribution in [2.45, 2.75) is 52.4 Å². The van der Waals surface area contributed by atoms with E-state index >= 15 is 4.39 Å². The second-order valence-corrected chi connectivity index (χ2v) is 12.6. The molecule has 2 unspecified atom stereocenters. The van der Waals surface area contributed by atoms with E-state index in [-0.39, 0.29) is 30.2 Å². The minimum absolute atomic E-state index is 0.0201. The molecule has 2 amide bonds. The quantitative estimate of drug-likeness (QED) is 0.340. The Bertz CT molecular complexity index is 1390. The Morgan fingerprint density at radius 3 is 2.41 bits per heavy atom. The molecule has 0 spiro atoms. The van der Waals surface area contributed by atoms with E-state index in [1.165, 1.54) is 23.2 Å². The third-order valence-corrected chi connectivity index (χ3v) is 8.29. The molecule has 0 saturated carbocycles. The molecule has 2 N–H and O–H groups in total. The van der Waals surface area contributed by atoms with Gasteiger partial charge in [0.2, 0.25) is 0 Å². The average molecular weight is 590 g/mol. The number of amides is 2. The molecule has 4 rings (SSSR count). The summed E-state index contributed by atoms with van der Waals surface area (Å²) in [4.78, 5) is 32.9. The van der Waals surface area contributed by atoms with E-state index in [9.17, 15) is 28.6 Å². The van der Waals surface area contributed by atoms with Crippen molar-refractivity contribution in [2.24, 2.45) is 11.3 Å². The number of aromatic nitrogens is 1. The molecule has 0 bridgehead atoms. The monoisotopic (exact) mass is 589 g/mol. The minimum atomic E-state index is -1.51. The van der Waals surface area contributed by atoms with Crippen molar-refractivity contribution < 1.29 is 33.0 Å². The number of halogens is 3. The van der Waals surface area contributed by atoms with E-state index in [4.69, 9.17) is 4.98 Å². The zero-order valence-corrected chi connectivity index (χ0v) is 24.2. The van der Waals surface area contributed by atoms with Crippen LogP contribution in [0.3, 0.4) is 0 Å². The number of aliphatic hydroxyl groups excluding tert-OH is 1. The molecule has 220 valence electrons. The van der Waals surface area contributed by atoms with Gasteiger partial charge in [0.05, 0.1) is 18.3 Å². The molecule has 3 aromatic rings. The number of carbonyl (C=O) groups excluding carboxylic acids is 1.